The molecule has 0 atom stereocenters. The summed E-state index contributed by atoms with van der Waals surface area (Å²) < 4.78 is 5.74. The standard InChI is InChI=1S/C22H29N3O2/c1-18(2)17-27-21-10-8-19(9-11-21)16-24-12-14-25(15-13-24)22(26)23-20-6-4-3-5-7-20/h3-11,18H,12-17H2,1-2H3,(H,23,26). The van der Waals surface area contributed by atoms with Gasteiger partial charge in [0.1, 0.15) is 5.75 Å². The number of nitrogens with zero attached hydrogens (tertiary/aromatic N) is 2. The van der Waals surface area contributed by atoms with Crippen molar-refractivity contribution in [2.24, 2.45) is 5.92 Å². The van der Waals surface area contributed by atoms with Crippen LogP contribution in [0.15, 0.2) is 54.6 Å². The van der Waals surface area contributed by atoms with Crippen LogP contribution in [0, 0.1) is 5.92 Å². The van der Waals surface area contributed by atoms with Gasteiger partial charge in [0.15, 0.2) is 0 Å². The van der Waals surface area contributed by atoms with Gasteiger partial charge in [-0.3, -0.25) is 4.90 Å². The lowest BCUT2D eigenvalue weighted by molar-refractivity contribution is 0.143. The van der Waals surface area contributed by atoms with Crippen molar-refractivity contribution in [1.82, 2.24) is 9.80 Å². The molecule has 0 radical (unpaired) electrons. The van der Waals surface area contributed by atoms with Crippen LogP contribution in [0.2, 0.25) is 0 Å². The lowest BCUT2D eigenvalue weighted by atomic mass is 10.2. The molecule has 2 aromatic carbocycles. The summed E-state index contributed by atoms with van der Waals surface area (Å²) in [5, 5.41) is 2.96. The van der Waals surface area contributed by atoms with Crippen LogP contribution in [0.4, 0.5) is 10.5 Å². The van der Waals surface area contributed by atoms with Gasteiger partial charge in [0.05, 0.1) is 6.61 Å². The molecule has 3 rings (SSSR count). The largest absolute Gasteiger partial charge is 0.493 e. The van der Waals surface area contributed by atoms with Crippen LogP contribution >= 0.6 is 0 Å². The van der Waals surface area contributed by atoms with Gasteiger partial charge in [-0.05, 0) is 35.7 Å². The van der Waals surface area contributed by atoms with Crippen LogP contribution in [0.3, 0.4) is 0 Å². The Morgan fingerprint density at radius 1 is 1.00 bits per heavy atom. The Morgan fingerprint density at radius 2 is 1.67 bits per heavy atom. The molecule has 1 saturated heterocycles. The molecule has 27 heavy (non-hydrogen) atoms. The van der Waals surface area contributed by atoms with E-state index in [0.717, 1.165) is 50.8 Å². The maximum atomic E-state index is 12.4. The van der Waals surface area contributed by atoms with Gasteiger partial charge in [-0.2, -0.15) is 0 Å². The first-order valence-electron chi connectivity index (χ1n) is 9.65. The average Bonchev–Trinajstić information content (AvgIpc) is 2.69. The highest BCUT2D eigenvalue weighted by atomic mass is 16.5. The van der Waals surface area contributed by atoms with Crippen molar-refractivity contribution >= 4 is 11.7 Å². The molecule has 0 aromatic heterocycles. The maximum absolute atomic E-state index is 12.4. The SMILES string of the molecule is CC(C)COc1ccc(CN2CCN(C(=O)Nc3ccccc3)CC2)cc1. The summed E-state index contributed by atoms with van der Waals surface area (Å²) in [5.74, 6) is 1.45. The third-order valence-electron chi connectivity index (χ3n) is 4.60. The Bertz CT molecular complexity index is 708. The number of para-hydroxylation sites is 1. The topological polar surface area (TPSA) is 44.8 Å². The van der Waals surface area contributed by atoms with Crippen LogP contribution in [0.5, 0.6) is 5.75 Å². The fourth-order valence-electron chi connectivity index (χ4n) is 3.05. The number of piperazine rings is 1. The summed E-state index contributed by atoms with van der Waals surface area (Å²) >= 11 is 0. The molecule has 0 spiro atoms. The number of ether oxygens (including phenoxy) is 1. The molecule has 0 aliphatic carbocycles. The Morgan fingerprint density at radius 3 is 2.30 bits per heavy atom. The second-order valence-electron chi connectivity index (χ2n) is 7.41. The van der Waals surface area contributed by atoms with Gasteiger partial charge < -0.3 is 15.0 Å². The van der Waals surface area contributed by atoms with Crippen LogP contribution < -0.4 is 10.1 Å². The van der Waals surface area contributed by atoms with Crippen molar-refractivity contribution in [2.45, 2.75) is 20.4 Å². The monoisotopic (exact) mass is 367 g/mol. The Hall–Kier alpha value is -2.53. The number of urea groups is 1. The first-order valence-corrected chi connectivity index (χ1v) is 9.65. The minimum absolute atomic E-state index is 0.0208. The quantitative estimate of drug-likeness (QED) is 0.837. The zero-order valence-corrected chi connectivity index (χ0v) is 16.2. The van der Waals surface area contributed by atoms with E-state index in [-0.39, 0.29) is 6.03 Å². The van der Waals surface area contributed by atoms with Crippen LogP contribution in [0.25, 0.3) is 0 Å². The highest BCUT2D eigenvalue weighted by molar-refractivity contribution is 5.89. The van der Waals surface area contributed by atoms with Gasteiger partial charge in [0, 0.05) is 38.4 Å². The van der Waals surface area contributed by atoms with E-state index in [0.29, 0.717) is 5.92 Å². The first kappa shape index (κ1) is 19.2. The van der Waals surface area contributed by atoms with E-state index >= 15 is 0 Å². The fourth-order valence-corrected chi connectivity index (χ4v) is 3.05. The van der Waals surface area contributed by atoms with E-state index in [1.165, 1.54) is 5.56 Å². The summed E-state index contributed by atoms with van der Waals surface area (Å²) in [6, 6.07) is 17.9. The molecule has 1 aliphatic heterocycles. The van der Waals surface area contributed by atoms with Gasteiger partial charge in [-0.1, -0.05) is 44.2 Å². The van der Waals surface area contributed by atoms with E-state index in [2.05, 4.69) is 36.2 Å². The normalized spacial score (nSPS) is 15.0. The van der Waals surface area contributed by atoms with Gasteiger partial charge in [-0.15, -0.1) is 0 Å². The molecule has 0 unspecified atom stereocenters. The Kier molecular flexibility index (Phi) is 6.71. The van der Waals surface area contributed by atoms with Crippen molar-refractivity contribution in [3.05, 3.63) is 60.2 Å². The summed E-state index contributed by atoms with van der Waals surface area (Å²) in [4.78, 5) is 16.6. The fraction of sp³-hybridized carbons (Fsp3) is 0.409. The van der Waals surface area contributed by atoms with Gasteiger partial charge in [0.25, 0.3) is 0 Å². The molecular weight excluding hydrogens is 338 g/mol. The number of hydrogen-bond donors (Lipinski definition) is 1. The molecule has 0 saturated carbocycles. The Labute approximate surface area is 161 Å². The number of carbonyl (C=O) groups is 1. The van der Waals surface area contributed by atoms with E-state index < -0.39 is 0 Å². The molecule has 5 heteroatoms. The number of anilines is 1. The summed E-state index contributed by atoms with van der Waals surface area (Å²) in [6.07, 6.45) is 0. The lowest BCUT2D eigenvalue weighted by Gasteiger charge is -2.34. The first-order chi connectivity index (χ1) is 13.1. The second-order valence-corrected chi connectivity index (χ2v) is 7.41. The van der Waals surface area contributed by atoms with Crippen LogP contribution in [-0.2, 0) is 6.54 Å². The molecule has 1 heterocycles. The van der Waals surface area contributed by atoms with E-state index in [1.54, 1.807) is 0 Å². The average molecular weight is 367 g/mol. The minimum atomic E-state index is -0.0208. The molecule has 1 aliphatic rings. The summed E-state index contributed by atoms with van der Waals surface area (Å²) in [7, 11) is 0. The molecule has 2 amide bonds. The van der Waals surface area contributed by atoms with E-state index in [1.807, 2.05) is 47.4 Å². The summed E-state index contributed by atoms with van der Waals surface area (Å²) in [5.41, 5.74) is 2.11. The number of carbonyl (C=O) groups excluding carboxylic acids is 1. The number of nitrogens with one attached hydrogen (secondary N) is 1. The minimum Gasteiger partial charge on any atom is -0.493 e. The zero-order chi connectivity index (χ0) is 19.1. The third kappa shape index (κ3) is 6.00. The highest BCUT2D eigenvalue weighted by Gasteiger charge is 2.21. The zero-order valence-electron chi connectivity index (χ0n) is 16.2. The number of rotatable bonds is 6. The summed E-state index contributed by atoms with van der Waals surface area (Å²) in [6.45, 7) is 9.19. The van der Waals surface area contributed by atoms with Crippen molar-refractivity contribution < 1.29 is 9.53 Å². The van der Waals surface area contributed by atoms with Gasteiger partial charge in [-0.25, -0.2) is 4.79 Å². The van der Waals surface area contributed by atoms with Crippen molar-refractivity contribution in [3.63, 3.8) is 0 Å². The molecular formula is C22H29N3O2. The maximum Gasteiger partial charge on any atom is 0.321 e. The Balaban J connectivity index is 1.43. The molecule has 144 valence electrons. The van der Waals surface area contributed by atoms with Crippen LogP contribution in [0.1, 0.15) is 19.4 Å². The molecule has 0 bridgehead atoms. The third-order valence-corrected chi connectivity index (χ3v) is 4.60. The smallest absolute Gasteiger partial charge is 0.321 e. The molecule has 1 N–H and O–H groups in total. The highest BCUT2D eigenvalue weighted by Crippen LogP contribution is 2.16. The van der Waals surface area contributed by atoms with Crippen molar-refractivity contribution in [2.75, 3.05) is 38.1 Å². The van der Waals surface area contributed by atoms with Crippen LogP contribution in [-0.4, -0.2) is 48.6 Å². The van der Waals surface area contributed by atoms with E-state index in [9.17, 15) is 4.79 Å². The predicted octanol–water partition coefficient (Wildman–Crippen LogP) is 4.07. The number of benzene rings is 2. The second kappa shape index (κ2) is 9.42. The van der Waals surface area contributed by atoms with Gasteiger partial charge in [0.2, 0.25) is 0 Å². The molecule has 5 nitrogen and oxygen atoms in total. The lowest BCUT2D eigenvalue weighted by Crippen LogP contribution is -2.49. The van der Waals surface area contributed by atoms with Crippen molar-refractivity contribution in [3.8, 4) is 5.75 Å². The molecule has 1 fully saturated rings. The van der Waals surface area contributed by atoms with Gasteiger partial charge >= 0.3 is 6.03 Å². The predicted molar refractivity (Wildman–Crippen MR) is 109 cm³/mol. The number of amides is 2. The number of hydrogen-bond acceptors (Lipinski definition) is 3. The van der Waals surface area contributed by atoms with Crippen molar-refractivity contribution in [1.29, 1.82) is 0 Å². The van der Waals surface area contributed by atoms with E-state index in [4.69, 9.17) is 4.74 Å². The molecule has 2 aromatic rings.